The number of hydrogen-bond donors (Lipinski definition) is 3. The summed E-state index contributed by atoms with van der Waals surface area (Å²) in [4.78, 5) is 21.6. The Hall–Kier alpha value is -2.04. The van der Waals surface area contributed by atoms with Crippen LogP contribution in [0.15, 0.2) is 24.3 Å². The van der Waals surface area contributed by atoms with Crippen LogP contribution in [0.1, 0.15) is 18.5 Å². The Balaban J connectivity index is 2.98. The quantitative estimate of drug-likeness (QED) is 0.682. The molecule has 0 radical (unpaired) electrons. The van der Waals surface area contributed by atoms with E-state index in [1.165, 1.54) is 31.2 Å². The molecule has 0 spiro atoms. The van der Waals surface area contributed by atoms with Gasteiger partial charge in [-0.3, -0.25) is 4.79 Å². The summed E-state index contributed by atoms with van der Waals surface area (Å²) in [5.41, 5.74) is 0.331. The number of carbonyl (C=O) groups excluding carboxylic acids is 1. The first-order valence-corrected chi connectivity index (χ1v) is 4.29. The van der Waals surface area contributed by atoms with Crippen LogP contribution in [0.25, 0.3) is 0 Å². The lowest BCUT2D eigenvalue weighted by Gasteiger charge is -2.13. The van der Waals surface area contributed by atoms with Crippen molar-refractivity contribution in [1.82, 2.24) is 5.32 Å². The second-order valence-electron chi connectivity index (χ2n) is 3.07. The molecular formula is C10H11NO4. The highest BCUT2D eigenvalue weighted by atomic mass is 16.4. The number of nitrogens with one attached hydrogen (secondary N) is 1. The summed E-state index contributed by atoms with van der Waals surface area (Å²) < 4.78 is 0. The summed E-state index contributed by atoms with van der Waals surface area (Å²) >= 11 is 0. The fourth-order valence-corrected chi connectivity index (χ4v) is 1.20. The first-order valence-electron chi connectivity index (χ1n) is 4.29. The molecular weight excluding hydrogens is 198 g/mol. The van der Waals surface area contributed by atoms with E-state index >= 15 is 0 Å². The zero-order chi connectivity index (χ0) is 11.4. The van der Waals surface area contributed by atoms with Gasteiger partial charge < -0.3 is 15.5 Å². The summed E-state index contributed by atoms with van der Waals surface area (Å²) in [6, 6.07) is 4.64. The second-order valence-corrected chi connectivity index (χ2v) is 3.07. The summed E-state index contributed by atoms with van der Waals surface area (Å²) in [7, 11) is 0. The molecule has 0 aliphatic heterocycles. The van der Waals surface area contributed by atoms with Crippen LogP contribution < -0.4 is 5.32 Å². The summed E-state index contributed by atoms with van der Waals surface area (Å²) in [6.07, 6.45) is 0. The third-order valence-electron chi connectivity index (χ3n) is 1.80. The monoisotopic (exact) mass is 209 g/mol. The third kappa shape index (κ3) is 2.98. The van der Waals surface area contributed by atoms with E-state index in [4.69, 9.17) is 5.11 Å². The van der Waals surface area contributed by atoms with Crippen LogP contribution in [0.5, 0.6) is 5.75 Å². The maximum absolute atomic E-state index is 10.9. The van der Waals surface area contributed by atoms with Crippen LogP contribution in [0, 0.1) is 0 Å². The molecule has 1 aromatic rings. The smallest absolute Gasteiger partial charge is 0.330 e. The molecule has 0 bridgehead atoms. The SMILES string of the molecule is CC(=O)NC(C(=O)O)c1cccc(O)c1. The van der Waals surface area contributed by atoms with E-state index < -0.39 is 17.9 Å². The van der Waals surface area contributed by atoms with Crippen molar-refractivity contribution in [3.8, 4) is 5.75 Å². The Morgan fingerprint density at radius 2 is 2.07 bits per heavy atom. The lowest BCUT2D eigenvalue weighted by atomic mass is 10.1. The number of benzene rings is 1. The Morgan fingerprint density at radius 1 is 1.40 bits per heavy atom. The van der Waals surface area contributed by atoms with Gasteiger partial charge in [0.05, 0.1) is 0 Å². The van der Waals surface area contributed by atoms with Crippen LogP contribution in [0.2, 0.25) is 0 Å². The normalized spacial score (nSPS) is 11.8. The van der Waals surface area contributed by atoms with Crippen LogP contribution in [-0.4, -0.2) is 22.1 Å². The standard InChI is InChI=1S/C10H11NO4/c1-6(12)11-9(10(14)15)7-3-2-4-8(13)5-7/h2-5,9,13H,1H3,(H,11,12)(H,14,15). The molecule has 5 heteroatoms. The van der Waals surface area contributed by atoms with E-state index in [2.05, 4.69) is 5.32 Å². The van der Waals surface area contributed by atoms with Crippen LogP contribution in [0.4, 0.5) is 0 Å². The number of amides is 1. The molecule has 0 aliphatic rings. The second kappa shape index (κ2) is 4.45. The molecule has 80 valence electrons. The van der Waals surface area contributed by atoms with Crippen LogP contribution in [0.3, 0.4) is 0 Å². The average molecular weight is 209 g/mol. The minimum atomic E-state index is -1.17. The average Bonchev–Trinajstić information content (AvgIpc) is 2.13. The summed E-state index contributed by atoms with van der Waals surface area (Å²) in [5, 5.41) is 20.3. The van der Waals surface area contributed by atoms with E-state index in [0.29, 0.717) is 5.56 Å². The molecule has 1 aromatic carbocycles. The van der Waals surface area contributed by atoms with Crippen molar-refractivity contribution in [3.63, 3.8) is 0 Å². The molecule has 0 saturated carbocycles. The molecule has 0 aliphatic carbocycles. The van der Waals surface area contributed by atoms with Crippen molar-refractivity contribution in [2.24, 2.45) is 0 Å². The minimum Gasteiger partial charge on any atom is -0.508 e. The third-order valence-corrected chi connectivity index (χ3v) is 1.80. The highest BCUT2D eigenvalue weighted by Gasteiger charge is 2.20. The van der Waals surface area contributed by atoms with Crippen molar-refractivity contribution < 1.29 is 19.8 Å². The van der Waals surface area contributed by atoms with Gasteiger partial charge in [-0.25, -0.2) is 4.79 Å². The molecule has 1 amide bonds. The molecule has 1 atom stereocenters. The highest BCUT2D eigenvalue weighted by molar-refractivity contribution is 5.83. The van der Waals surface area contributed by atoms with E-state index in [-0.39, 0.29) is 5.75 Å². The van der Waals surface area contributed by atoms with Gasteiger partial charge in [0.15, 0.2) is 6.04 Å². The van der Waals surface area contributed by atoms with Gasteiger partial charge in [-0.05, 0) is 17.7 Å². The molecule has 0 heterocycles. The minimum absolute atomic E-state index is 0.0379. The van der Waals surface area contributed by atoms with Gasteiger partial charge in [-0.1, -0.05) is 12.1 Å². The molecule has 0 aromatic heterocycles. The van der Waals surface area contributed by atoms with Gasteiger partial charge in [0, 0.05) is 6.92 Å². The largest absolute Gasteiger partial charge is 0.508 e. The fourth-order valence-electron chi connectivity index (χ4n) is 1.20. The Kier molecular flexibility index (Phi) is 3.28. The number of hydrogen-bond acceptors (Lipinski definition) is 3. The number of carbonyl (C=O) groups is 2. The molecule has 15 heavy (non-hydrogen) atoms. The number of aromatic hydroxyl groups is 1. The number of aliphatic carboxylic acids is 1. The molecule has 1 unspecified atom stereocenters. The maximum atomic E-state index is 10.9. The first kappa shape index (κ1) is 11.0. The number of rotatable bonds is 3. The predicted molar refractivity (Wildman–Crippen MR) is 52.3 cm³/mol. The molecule has 0 fully saturated rings. The van der Waals surface area contributed by atoms with Crippen molar-refractivity contribution in [2.45, 2.75) is 13.0 Å². The molecule has 0 saturated heterocycles. The van der Waals surface area contributed by atoms with E-state index in [1.54, 1.807) is 0 Å². The predicted octanol–water partition coefficient (Wildman–Crippen LogP) is 0.654. The Labute approximate surface area is 86.4 Å². The number of phenolic OH excluding ortho intramolecular Hbond substituents is 1. The van der Waals surface area contributed by atoms with Gasteiger partial charge in [-0.15, -0.1) is 0 Å². The summed E-state index contributed by atoms with van der Waals surface area (Å²) in [6.45, 7) is 1.23. The lowest BCUT2D eigenvalue weighted by molar-refractivity contribution is -0.141. The van der Waals surface area contributed by atoms with Gasteiger partial charge in [-0.2, -0.15) is 0 Å². The zero-order valence-electron chi connectivity index (χ0n) is 8.10. The zero-order valence-corrected chi connectivity index (χ0v) is 8.10. The van der Waals surface area contributed by atoms with Gasteiger partial charge in [0.25, 0.3) is 0 Å². The fraction of sp³-hybridized carbons (Fsp3) is 0.200. The lowest BCUT2D eigenvalue weighted by Crippen LogP contribution is -2.31. The van der Waals surface area contributed by atoms with Crippen molar-refractivity contribution in [3.05, 3.63) is 29.8 Å². The van der Waals surface area contributed by atoms with E-state index in [1.807, 2.05) is 0 Å². The maximum Gasteiger partial charge on any atom is 0.330 e. The molecule has 1 rings (SSSR count). The van der Waals surface area contributed by atoms with Crippen molar-refractivity contribution in [1.29, 1.82) is 0 Å². The highest BCUT2D eigenvalue weighted by Crippen LogP contribution is 2.18. The topological polar surface area (TPSA) is 86.6 Å². The Bertz CT molecular complexity index is 389. The van der Waals surface area contributed by atoms with Crippen LogP contribution >= 0.6 is 0 Å². The van der Waals surface area contributed by atoms with Crippen LogP contribution in [-0.2, 0) is 9.59 Å². The van der Waals surface area contributed by atoms with Crippen molar-refractivity contribution in [2.75, 3.05) is 0 Å². The number of carboxylic acid groups (broad SMARTS) is 1. The van der Waals surface area contributed by atoms with Gasteiger partial charge in [0.1, 0.15) is 5.75 Å². The first-order chi connectivity index (χ1) is 7.00. The number of carboxylic acids is 1. The summed E-state index contributed by atoms with van der Waals surface area (Å²) in [5.74, 6) is -1.65. The Morgan fingerprint density at radius 3 is 2.53 bits per heavy atom. The van der Waals surface area contributed by atoms with E-state index in [9.17, 15) is 14.7 Å². The van der Waals surface area contributed by atoms with Gasteiger partial charge in [0.2, 0.25) is 5.91 Å². The van der Waals surface area contributed by atoms with Gasteiger partial charge >= 0.3 is 5.97 Å². The number of phenols is 1. The molecule has 5 nitrogen and oxygen atoms in total. The molecule has 3 N–H and O–H groups in total. The van der Waals surface area contributed by atoms with Crippen molar-refractivity contribution >= 4 is 11.9 Å². The van der Waals surface area contributed by atoms with E-state index in [0.717, 1.165) is 0 Å².